The molecule has 1 atom stereocenters. The summed E-state index contributed by atoms with van der Waals surface area (Å²) in [6, 6.07) is 0. The lowest BCUT2D eigenvalue weighted by molar-refractivity contribution is -0.167. The summed E-state index contributed by atoms with van der Waals surface area (Å²) in [6.07, 6.45) is 98.1. The average Bonchev–Trinajstić information content (AvgIpc) is 3.49. The number of esters is 3. The zero-order chi connectivity index (χ0) is 59.9. The molecule has 83 heavy (non-hydrogen) atoms. The van der Waals surface area contributed by atoms with Gasteiger partial charge >= 0.3 is 17.9 Å². The van der Waals surface area contributed by atoms with Crippen molar-refractivity contribution in [3.63, 3.8) is 0 Å². The molecule has 0 aromatic heterocycles. The summed E-state index contributed by atoms with van der Waals surface area (Å²) in [5.74, 6) is -0.933. The summed E-state index contributed by atoms with van der Waals surface area (Å²) in [6.45, 7) is 6.49. The lowest BCUT2D eigenvalue weighted by Crippen LogP contribution is -2.30. The maximum absolute atomic E-state index is 12.9. The molecule has 0 bridgehead atoms. The fraction of sp³-hybridized carbons (Fsp3) is 0.701. The topological polar surface area (TPSA) is 78.9 Å². The molecular weight excluding hydrogens is 1020 g/mol. The Morgan fingerprint density at radius 2 is 0.470 bits per heavy atom. The van der Waals surface area contributed by atoms with Crippen LogP contribution in [0.15, 0.2) is 122 Å². The lowest BCUT2D eigenvalue weighted by Gasteiger charge is -2.18. The number of carbonyl (C=O) groups is 3. The summed E-state index contributed by atoms with van der Waals surface area (Å²) < 4.78 is 16.9. The van der Waals surface area contributed by atoms with E-state index in [-0.39, 0.29) is 37.5 Å². The van der Waals surface area contributed by atoms with Crippen LogP contribution >= 0.6 is 0 Å². The van der Waals surface area contributed by atoms with Gasteiger partial charge in [-0.1, -0.05) is 316 Å². The Morgan fingerprint density at radius 1 is 0.253 bits per heavy atom. The van der Waals surface area contributed by atoms with Gasteiger partial charge in [0.25, 0.3) is 0 Å². The molecule has 0 rings (SSSR count). The van der Waals surface area contributed by atoms with Crippen molar-refractivity contribution in [2.75, 3.05) is 13.2 Å². The van der Waals surface area contributed by atoms with Crippen LogP contribution in [0.4, 0.5) is 0 Å². The molecule has 0 aliphatic carbocycles. The molecule has 0 aliphatic heterocycles. The van der Waals surface area contributed by atoms with Crippen molar-refractivity contribution in [1.82, 2.24) is 0 Å². The first-order valence-corrected chi connectivity index (χ1v) is 35.0. The minimum Gasteiger partial charge on any atom is -0.462 e. The van der Waals surface area contributed by atoms with Crippen molar-refractivity contribution in [2.24, 2.45) is 0 Å². The largest absolute Gasteiger partial charge is 0.462 e. The molecule has 0 aromatic carbocycles. The third kappa shape index (κ3) is 68.5. The zero-order valence-corrected chi connectivity index (χ0v) is 54.4. The smallest absolute Gasteiger partial charge is 0.306 e. The highest BCUT2D eigenvalue weighted by Crippen LogP contribution is 2.17. The Morgan fingerprint density at radius 3 is 0.759 bits per heavy atom. The number of unbranched alkanes of at least 4 members (excludes halogenated alkanes) is 32. The Balaban J connectivity index is 4.24. The van der Waals surface area contributed by atoms with E-state index in [1.165, 1.54) is 173 Å². The van der Waals surface area contributed by atoms with Crippen LogP contribution in [0.3, 0.4) is 0 Å². The van der Waals surface area contributed by atoms with Gasteiger partial charge < -0.3 is 14.2 Å². The molecule has 0 aromatic rings. The van der Waals surface area contributed by atoms with E-state index in [9.17, 15) is 14.4 Å². The summed E-state index contributed by atoms with van der Waals surface area (Å²) in [5, 5.41) is 0. The standard InChI is InChI=1S/C77H130O6/c1-4-7-10-13-16-19-21-23-25-27-29-31-33-35-37-38-40-41-43-45-47-49-51-53-55-58-61-64-67-70-76(79)82-73-74(72-81-75(78)69-66-63-60-57-18-15-12-9-6-3)83-77(80)71-68-65-62-59-56-54-52-50-48-46-44-42-39-36-34-32-30-28-26-24-22-20-17-14-11-8-5-2/h8,11,17,20-21,23-24,26-27,29-30,32,36,39,44,46,50,52,56,59,74H,4-7,9-10,12-16,18-19,22,25,28,31,33-35,37-38,40-43,45,47-49,51,53-55,57-58,60-73H2,1-3H3/b11-8-,20-17-,23-21-,26-24-,29-27-,32-30-,39-36-,46-44-,52-50-,59-56-. The van der Waals surface area contributed by atoms with Gasteiger partial charge in [0.1, 0.15) is 13.2 Å². The molecule has 474 valence electrons. The molecule has 0 spiro atoms. The van der Waals surface area contributed by atoms with Gasteiger partial charge in [-0.25, -0.2) is 0 Å². The van der Waals surface area contributed by atoms with Gasteiger partial charge in [-0.15, -0.1) is 0 Å². The Labute approximate surface area is 513 Å². The van der Waals surface area contributed by atoms with E-state index in [1.54, 1.807) is 0 Å². The second kappa shape index (κ2) is 70.3. The van der Waals surface area contributed by atoms with Crippen molar-refractivity contribution >= 4 is 17.9 Å². The minimum absolute atomic E-state index is 0.0947. The van der Waals surface area contributed by atoms with Crippen molar-refractivity contribution < 1.29 is 28.6 Å². The van der Waals surface area contributed by atoms with Crippen LogP contribution in [0, 0.1) is 0 Å². The van der Waals surface area contributed by atoms with Crippen molar-refractivity contribution in [3.05, 3.63) is 122 Å². The molecule has 0 fully saturated rings. The molecule has 0 radical (unpaired) electrons. The van der Waals surface area contributed by atoms with Gasteiger partial charge in [0.05, 0.1) is 0 Å². The van der Waals surface area contributed by atoms with Crippen LogP contribution in [0.1, 0.15) is 329 Å². The molecule has 6 heteroatoms. The van der Waals surface area contributed by atoms with E-state index < -0.39 is 6.10 Å². The molecule has 1 unspecified atom stereocenters. The molecule has 0 heterocycles. The van der Waals surface area contributed by atoms with Gasteiger partial charge in [0.2, 0.25) is 0 Å². The van der Waals surface area contributed by atoms with E-state index in [2.05, 4.69) is 142 Å². The monoisotopic (exact) mass is 1150 g/mol. The van der Waals surface area contributed by atoms with Crippen molar-refractivity contribution in [1.29, 1.82) is 0 Å². The third-order valence-electron chi connectivity index (χ3n) is 15.0. The molecule has 0 saturated carbocycles. The lowest BCUT2D eigenvalue weighted by atomic mass is 10.0. The fourth-order valence-electron chi connectivity index (χ4n) is 9.73. The SMILES string of the molecule is CC/C=C\C/C=C\C/C=C\C/C=C\C/C=C\C/C=C\C/C=C\C/C=C\CCCCC(=O)OC(COC(=O)CCCCCCCCCCC)COC(=O)CCCCCCCCCCCCCCCCCCC/C=C\C/C=C\CCCCCCC. The van der Waals surface area contributed by atoms with E-state index in [0.29, 0.717) is 19.3 Å². The maximum Gasteiger partial charge on any atom is 0.306 e. The fourth-order valence-corrected chi connectivity index (χ4v) is 9.73. The number of ether oxygens (including phenoxy) is 3. The Bertz CT molecular complexity index is 1700. The van der Waals surface area contributed by atoms with E-state index >= 15 is 0 Å². The summed E-state index contributed by atoms with van der Waals surface area (Å²) in [5.41, 5.74) is 0. The van der Waals surface area contributed by atoms with Gasteiger partial charge in [-0.2, -0.15) is 0 Å². The maximum atomic E-state index is 12.9. The number of hydrogen-bond donors (Lipinski definition) is 0. The summed E-state index contributed by atoms with van der Waals surface area (Å²) in [4.78, 5) is 38.3. The van der Waals surface area contributed by atoms with E-state index in [1.807, 2.05) is 0 Å². The Kier molecular flexibility index (Phi) is 66.7. The van der Waals surface area contributed by atoms with Gasteiger partial charge in [-0.05, 0) is 116 Å². The third-order valence-corrected chi connectivity index (χ3v) is 15.0. The van der Waals surface area contributed by atoms with Gasteiger partial charge in [-0.3, -0.25) is 14.4 Å². The van der Waals surface area contributed by atoms with Crippen LogP contribution in [0.25, 0.3) is 0 Å². The van der Waals surface area contributed by atoms with Crippen LogP contribution in [-0.4, -0.2) is 37.2 Å². The first-order valence-electron chi connectivity index (χ1n) is 35.0. The normalized spacial score (nSPS) is 12.9. The van der Waals surface area contributed by atoms with Crippen LogP contribution in [-0.2, 0) is 28.6 Å². The average molecular weight is 1150 g/mol. The Hall–Kier alpha value is -4.19. The second-order valence-electron chi connectivity index (χ2n) is 23.1. The number of rotatable bonds is 63. The summed E-state index contributed by atoms with van der Waals surface area (Å²) >= 11 is 0. The van der Waals surface area contributed by atoms with Gasteiger partial charge in [0, 0.05) is 19.3 Å². The quantitative estimate of drug-likeness (QED) is 0.0261. The molecule has 0 amide bonds. The van der Waals surface area contributed by atoms with Gasteiger partial charge in [0.15, 0.2) is 6.10 Å². The van der Waals surface area contributed by atoms with E-state index in [0.717, 1.165) is 109 Å². The second-order valence-corrected chi connectivity index (χ2v) is 23.1. The first kappa shape index (κ1) is 78.8. The predicted octanol–water partition coefficient (Wildman–Crippen LogP) is 24.3. The highest BCUT2D eigenvalue weighted by molar-refractivity contribution is 5.71. The highest BCUT2D eigenvalue weighted by Gasteiger charge is 2.19. The van der Waals surface area contributed by atoms with Crippen molar-refractivity contribution in [2.45, 2.75) is 335 Å². The molecule has 6 nitrogen and oxygen atoms in total. The zero-order valence-electron chi connectivity index (χ0n) is 54.4. The predicted molar refractivity (Wildman–Crippen MR) is 362 cm³/mol. The minimum atomic E-state index is -0.802. The van der Waals surface area contributed by atoms with Crippen LogP contribution in [0.2, 0.25) is 0 Å². The molecule has 0 aliphatic rings. The van der Waals surface area contributed by atoms with E-state index in [4.69, 9.17) is 14.2 Å². The molecule has 0 N–H and O–H groups in total. The van der Waals surface area contributed by atoms with Crippen LogP contribution < -0.4 is 0 Å². The first-order chi connectivity index (χ1) is 41.0. The summed E-state index contributed by atoms with van der Waals surface area (Å²) in [7, 11) is 0. The molecular formula is C77H130O6. The molecule has 0 saturated heterocycles. The highest BCUT2D eigenvalue weighted by atomic mass is 16.6. The number of allylic oxidation sites excluding steroid dienone is 20. The van der Waals surface area contributed by atoms with Crippen molar-refractivity contribution in [3.8, 4) is 0 Å². The number of carbonyl (C=O) groups excluding carboxylic acids is 3. The van der Waals surface area contributed by atoms with Crippen LogP contribution in [0.5, 0.6) is 0 Å². The number of hydrogen-bond acceptors (Lipinski definition) is 6.